The van der Waals surface area contributed by atoms with E-state index in [1.165, 1.54) is 6.26 Å². The second-order valence-corrected chi connectivity index (χ2v) is 10.8. The van der Waals surface area contributed by atoms with Gasteiger partial charge in [-0.2, -0.15) is 0 Å². The van der Waals surface area contributed by atoms with Gasteiger partial charge < -0.3 is 14.2 Å². The van der Waals surface area contributed by atoms with Crippen LogP contribution in [0.15, 0.2) is 42.5 Å². The van der Waals surface area contributed by atoms with Gasteiger partial charge in [0.2, 0.25) is 5.91 Å². The molecule has 2 aromatic carbocycles. The fourth-order valence-corrected chi connectivity index (χ4v) is 4.81. The van der Waals surface area contributed by atoms with Gasteiger partial charge >= 0.3 is 0 Å². The highest BCUT2D eigenvalue weighted by Gasteiger charge is 2.26. The number of sulfone groups is 1. The molecule has 32 heavy (non-hydrogen) atoms. The summed E-state index contributed by atoms with van der Waals surface area (Å²) >= 11 is 0. The quantitative estimate of drug-likeness (QED) is 0.570. The number of hydrogen-bond acceptors (Lipinski definition) is 5. The smallest absolute Gasteiger partial charge is 0.242 e. The summed E-state index contributed by atoms with van der Waals surface area (Å²) in [7, 11) is -3.28. The second kappa shape index (κ2) is 8.94. The number of imidazole rings is 1. The number of nitrogens with zero attached hydrogens (tertiary/aromatic N) is 3. The highest BCUT2D eigenvalue weighted by molar-refractivity contribution is 7.89. The molecule has 1 fully saturated rings. The van der Waals surface area contributed by atoms with Crippen LogP contribution in [0.5, 0.6) is 5.75 Å². The van der Waals surface area contributed by atoms with Gasteiger partial charge in [0.05, 0.1) is 11.0 Å². The summed E-state index contributed by atoms with van der Waals surface area (Å²) < 4.78 is 31.7. The van der Waals surface area contributed by atoms with Crippen LogP contribution >= 0.6 is 0 Å². The molecule has 1 saturated heterocycles. The molecule has 0 saturated carbocycles. The van der Waals surface area contributed by atoms with Crippen LogP contribution in [0.1, 0.15) is 29.8 Å². The Labute approximate surface area is 188 Å². The molecule has 1 aliphatic heterocycles. The molecule has 1 amide bonds. The molecular formula is C24H29N3O4S. The summed E-state index contributed by atoms with van der Waals surface area (Å²) in [6.45, 7) is 5.39. The van der Waals surface area contributed by atoms with E-state index in [-0.39, 0.29) is 24.3 Å². The van der Waals surface area contributed by atoms with Crippen LogP contribution in [0.3, 0.4) is 0 Å². The van der Waals surface area contributed by atoms with E-state index in [0.29, 0.717) is 24.4 Å². The first-order valence-corrected chi connectivity index (χ1v) is 12.9. The number of carbonyl (C=O) groups is 1. The van der Waals surface area contributed by atoms with E-state index >= 15 is 0 Å². The lowest BCUT2D eigenvalue weighted by Gasteiger charge is -2.32. The van der Waals surface area contributed by atoms with Gasteiger partial charge in [0.1, 0.15) is 30.0 Å². The van der Waals surface area contributed by atoms with Gasteiger partial charge in [0, 0.05) is 32.2 Å². The number of rotatable bonds is 6. The number of likely N-dealkylation sites (tertiary alicyclic amines) is 1. The Kier molecular flexibility index (Phi) is 6.24. The van der Waals surface area contributed by atoms with Crippen molar-refractivity contribution in [3.8, 4) is 5.75 Å². The summed E-state index contributed by atoms with van der Waals surface area (Å²) in [5, 5.41) is 0. The number of amides is 1. The Morgan fingerprint density at radius 2 is 1.84 bits per heavy atom. The van der Waals surface area contributed by atoms with Crippen molar-refractivity contribution in [3.63, 3.8) is 0 Å². The van der Waals surface area contributed by atoms with Crippen molar-refractivity contribution in [2.24, 2.45) is 0 Å². The molecule has 8 heteroatoms. The largest absolute Gasteiger partial charge is 0.490 e. The van der Waals surface area contributed by atoms with E-state index in [2.05, 4.69) is 23.2 Å². The third-order valence-corrected chi connectivity index (χ3v) is 6.63. The Balaban J connectivity index is 1.44. The second-order valence-electron chi connectivity index (χ2n) is 8.64. The fraction of sp³-hybridized carbons (Fsp3) is 0.417. The van der Waals surface area contributed by atoms with Crippen molar-refractivity contribution in [2.75, 3.05) is 19.3 Å². The Morgan fingerprint density at radius 3 is 2.56 bits per heavy atom. The molecule has 0 radical (unpaired) electrons. The molecule has 0 N–H and O–H groups in total. The fourth-order valence-electron chi connectivity index (χ4n) is 4.12. The van der Waals surface area contributed by atoms with Gasteiger partial charge in [0.25, 0.3) is 0 Å². The van der Waals surface area contributed by atoms with Gasteiger partial charge in [-0.25, -0.2) is 13.4 Å². The molecule has 0 aliphatic carbocycles. The number of carbonyl (C=O) groups excluding carboxylic acids is 1. The molecule has 0 spiro atoms. The van der Waals surface area contributed by atoms with Crippen LogP contribution in [0.4, 0.5) is 0 Å². The molecule has 0 unspecified atom stereocenters. The van der Waals surface area contributed by atoms with E-state index in [1.807, 2.05) is 43.0 Å². The maximum atomic E-state index is 13.1. The van der Waals surface area contributed by atoms with E-state index in [4.69, 9.17) is 4.74 Å². The van der Waals surface area contributed by atoms with Crippen molar-refractivity contribution in [1.29, 1.82) is 0 Å². The summed E-state index contributed by atoms with van der Waals surface area (Å²) in [6, 6.07) is 13.6. The van der Waals surface area contributed by atoms with Crippen molar-refractivity contribution < 1.29 is 17.9 Å². The maximum Gasteiger partial charge on any atom is 0.242 e. The number of para-hydroxylation sites is 2. The molecule has 4 rings (SSSR count). The van der Waals surface area contributed by atoms with Crippen molar-refractivity contribution in [3.05, 3.63) is 59.4 Å². The lowest BCUT2D eigenvalue weighted by Crippen LogP contribution is -2.43. The van der Waals surface area contributed by atoms with Gasteiger partial charge in [-0.15, -0.1) is 0 Å². The van der Waals surface area contributed by atoms with Crippen LogP contribution in [-0.2, 0) is 26.9 Å². The lowest BCUT2D eigenvalue weighted by molar-refractivity contribution is -0.133. The number of aromatic nitrogens is 2. The van der Waals surface area contributed by atoms with Gasteiger partial charge in [0.15, 0.2) is 9.84 Å². The van der Waals surface area contributed by atoms with Crippen molar-refractivity contribution >= 4 is 26.8 Å². The Hall–Kier alpha value is -2.87. The zero-order valence-corrected chi connectivity index (χ0v) is 19.6. The minimum Gasteiger partial charge on any atom is -0.490 e. The first kappa shape index (κ1) is 22.3. The predicted molar refractivity (Wildman–Crippen MR) is 124 cm³/mol. The van der Waals surface area contributed by atoms with Crippen molar-refractivity contribution in [1.82, 2.24) is 14.5 Å². The SMILES string of the molecule is Cc1ccc(C)c(OC2CCN(C(=O)Cn3c(CS(C)(=O)=O)nc4ccccc43)CC2)c1. The minimum absolute atomic E-state index is 0.0342. The molecule has 0 atom stereocenters. The number of fused-ring (bicyclic) bond motifs is 1. The van der Waals surface area contributed by atoms with Gasteiger partial charge in [-0.1, -0.05) is 24.3 Å². The highest BCUT2D eigenvalue weighted by Crippen LogP contribution is 2.24. The van der Waals surface area contributed by atoms with Crippen molar-refractivity contribution in [2.45, 2.75) is 45.1 Å². The summed E-state index contributed by atoms with van der Waals surface area (Å²) in [5.41, 5.74) is 3.74. The van der Waals surface area contributed by atoms with Crippen LogP contribution in [0.2, 0.25) is 0 Å². The number of hydrogen-bond donors (Lipinski definition) is 0. The molecule has 3 aromatic rings. The van der Waals surface area contributed by atoms with E-state index < -0.39 is 9.84 Å². The molecular weight excluding hydrogens is 426 g/mol. The predicted octanol–water partition coefficient (Wildman–Crippen LogP) is 3.27. The zero-order chi connectivity index (χ0) is 22.9. The number of aryl methyl sites for hydroxylation is 2. The maximum absolute atomic E-state index is 13.1. The topological polar surface area (TPSA) is 81.5 Å². The number of ether oxygens (including phenoxy) is 1. The van der Waals surface area contributed by atoms with Gasteiger partial charge in [-0.3, -0.25) is 4.79 Å². The van der Waals surface area contributed by atoms with Crippen LogP contribution < -0.4 is 4.74 Å². The zero-order valence-electron chi connectivity index (χ0n) is 18.7. The summed E-state index contributed by atoms with van der Waals surface area (Å²) in [5.74, 6) is 1.08. The lowest BCUT2D eigenvalue weighted by atomic mass is 10.1. The third-order valence-electron chi connectivity index (χ3n) is 5.85. The molecule has 0 bridgehead atoms. The average Bonchev–Trinajstić information content (AvgIpc) is 3.06. The Bertz CT molecular complexity index is 1240. The molecule has 2 heterocycles. The molecule has 1 aliphatic rings. The number of piperidine rings is 1. The number of benzene rings is 2. The molecule has 170 valence electrons. The van der Waals surface area contributed by atoms with Crippen LogP contribution in [0.25, 0.3) is 11.0 Å². The highest BCUT2D eigenvalue weighted by atomic mass is 32.2. The normalized spacial score (nSPS) is 15.3. The first-order chi connectivity index (χ1) is 15.2. The Morgan fingerprint density at radius 1 is 1.12 bits per heavy atom. The van der Waals surface area contributed by atoms with E-state index in [9.17, 15) is 13.2 Å². The van der Waals surface area contributed by atoms with E-state index in [0.717, 1.165) is 35.2 Å². The van der Waals surface area contributed by atoms with Gasteiger partial charge in [-0.05, 0) is 43.2 Å². The summed E-state index contributed by atoms with van der Waals surface area (Å²) in [6.07, 6.45) is 2.79. The average molecular weight is 456 g/mol. The first-order valence-electron chi connectivity index (χ1n) is 10.8. The summed E-state index contributed by atoms with van der Waals surface area (Å²) in [4.78, 5) is 19.4. The minimum atomic E-state index is -3.28. The van der Waals surface area contributed by atoms with E-state index in [1.54, 1.807) is 4.57 Å². The molecule has 1 aromatic heterocycles. The standard InChI is InChI=1S/C24H29N3O4S/c1-17-8-9-18(2)22(14-17)31-19-10-12-26(13-11-19)24(28)15-27-21-7-5-4-6-20(21)25-23(27)16-32(3,29)30/h4-9,14,19H,10-13,15-16H2,1-3H3. The van der Waals surface area contributed by atoms with Crippen LogP contribution in [-0.4, -0.2) is 54.2 Å². The van der Waals surface area contributed by atoms with Crippen LogP contribution in [0, 0.1) is 13.8 Å². The monoisotopic (exact) mass is 455 g/mol. The molecule has 7 nitrogen and oxygen atoms in total. The third kappa shape index (κ3) is 5.12.